The van der Waals surface area contributed by atoms with Gasteiger partial charge in [-0.25, -0.2) is 13.1 Å². The Balaban J connectivity index is 3.21. The number of nitro groups is 1. The molecule has 0 radical (unpaired) electrons. The van der Waals surface area contributed by atoms with Gasteiger partial charge in [-0.1, -0.05) is 28.6 Å². The monoisotopic (exact) mass is 334 g/mol. The van der Waals surface area contributed by atoms with Gasteiger partial charge in [-0.05, 0) is 13.0 Å². The summed E-state index contributed by atoms with van der Waals surface area (Å²) < 4.78 is 26.6. The highest BCUT2D eigenvalue weighted by Gasteiger charge is 2.22. The fraction of sp³-hybridized carbons (Fsp3) is 0.200. The van der Waals surface area contributed by atoms with E-state index in [1.54, 1.807) is 0 Å². The third-order valence-electron chi connectivity index (χ3n) is 2.20. The van der Waals surface area contributed by atoms with Crippen LogP contribution in [0.3, 0.4) is 0 Å². The van der Waals surface area contributed by atoms with E-state index in [1.165, 1.54) is 25.1 Å². The van der Waals surface area contributed by atoms with Gasteiger partial charge in [-0.15, -0.1) is 0 Å². The zero-order valence-electron chi connectivity index (χ0n) is 9.51. The van der Waals surface area contributed by atoms with E-state index in [0.29, 0.717) is 4.48 Å². The molecule has 6 nitrogen and oxygen atoms in total. The maximum Gasteiger partial charge on any atom is 0.273 e. The molecule has 1 aromatic carbocycles. The molecule has 0 atom stereocenters. The van der Waals surface area contributed by atoms with Gasteiger partial charge in [0.25, 0.3) is 5.69 Å². The molecule has 0 aromatic heterocycles. The third-order valence-corrected chi connectivity index (χ3v) is 4.02. The number of hydrogen-bond donors (Lipinski definition) is 1. The van der Waals surface area contributed by atoms with E-state index < -0.39 is 14.9 Å². The minimum absolute atomic E-state index is 0.0183. The van der Waals surface area contributed by atoms with Crippen LogP contribution in [0.4, 0.5) is 5.69 Å². The Morgan fingerprint density at radius 2 is 2.17 bits per heavy atom. The van der Waals surface area contributed by atoms with Crippen molar-refractivity contribution in [3.63, 3.8) is 0 Å². The van der Waals surface area contributed by atoms with Crippen molar-refractivity contribution < 1.29 is 13.3 Å². The summed E-state index contributed by atoms with van der Waals surface area (Å²) >= 11 is 3.03. The molecule has 0 aliphatic rings. The summed E-state index contributed by atoms with van der Waals surface area (Å²) in [6.45, 7) is 4.92. The summed E-state index contributed by atoms with van der Waals surface area (Å²) in [6.07, 6.45) is 0. The molecule has 1 rings (SSSR count). The molecule has 18 heavy (non-hydrogen) atoms. The number of rotatable bonds is 5. The summed E-state index contributed by atoms with van der Waals surface area (Å²) in [5, 5.41) is 10.7. The lowest BCUT2D eigenvalue weighted by molar-refractivity contribution is -0.385. The first-order chi connectivity index (χ1) is 8.25. The van der Waals surface area contributed by atoms with Crippen LogP contribution in [0.1, 0.15) is 5.56 Å². The predicted octanol–water partition coefficient (Wildman–Crippen LogP) is 2.09. The van der Waals surface area contributed by atoms with Crippen LogP contribution in [0.5, 0.6) is 0 Å². The van der Waals surface area contributed by atoms with Gasteiger partial charge >= 0.3 is 0 Å². The molecule has 1 N–H and O–H groups in total. The van der Waals surface area contributed by atoms with Gasteiger partial charge in [0.2, 0.25) is 10.0 Å². The molecule has 0 unspecified atom stereocenters. The lowest BCUT2D eigenvalue weighted by Crippen LogP contribution is -2.25. The predicted molar refractivity (Wildman–Crippen MR) is 71.1 cm³/mol. The minimum Gasteiger partial charge on any atom is -0.258 e. The average Bonchev–Trinajstić information content (AvgIpc) is 2.26. The lowest BCUT2D eigenvalue weighted by Gasteiger charge is -2.08. The Hall–Kier alpha value is -1.25. The highest BCUT2D eigenvalue weighted by molar-refractivity contribution is 9.11. The van der Waals surface area contributed by atoms with Gasteiger partial charge in [0.05, 0.1) is 9.82 Å². The second-order valence-corrected chi connectivity index (χ2v) is 6.36. The highest BCUT2D eigenvalue weighted by atomic mass is 79.9. The summed E-state index contributed by atoms with van der Waals surface area (Å²) in [5.41, 5.74) is -0.120. The van der Waals surface area contributed by atoms with Gasteiger partial charge in [0, 0.05) is 22.7 Å². The molecule has 1 aromatic rings. The number of sulfonamides is 1. The molecule has 0 spiro atoms. The summed E-state index contributed by atoms with van der Waals surface area (Å²) in [4.78, 5) is 10.0. The topological polar surface area (TPSA) is 89.3 Å². The molecule has 0 fully saturated rings. The highest BCUT2D eigenvalue weighted by Crippen LogP contribution is 2.24. The zero-order chi connectivity index (χ0) is 13.9. The fourth-order valence-corrected chi connectivity index (χ4v) is 2.95. The van der Waals surface area contributed by atoms with Crippen molar-refractivity contribution in [3.05, 3.63) is 44.9 Å². The van der Waals surface area contributed by atoms with Crippen LogP contribution in [0.15, 0.2) is 34.2 Å². The van der Waals surface area contributed by atoms with Gasteiger partial charge in [0.15, 0.2) is 0 Å². The van der Waals surface area contributed by atoms with Crippen LogP contribution in [0.25, 0.3) is 0 Å². The van der Waals surface area contributed by atoms with Crippen LogP contribution < -0.4 is 4.72 Å². The van der Waals surface area contributed by atoms with Gasteiger partial charge in [0.1, 0.15) is 0 Å². The summed E-state index contributed by atoms with van der Waals surface area (Å²) in [7, 11) is -3.79. The first kappa shape index (κ1) is 14.8. The lowest BCUT2D eigenvalue weighted by atomic mass is 10.2. The van der Waals surface area contributed by atoms with Crippen LogP contribution in [-0.4, -0.2) is 19.9 Å². The Kier molecular flexibility index (Phi) is 4.60. The van der Waals surface area contributed by atoms with Gasteiger partial charge in [-0.2, -0.15) is 0 Å². The standard InChI is InChI=1S/C10H11BrN2O4S/c1-7(11)6-12-18(16,17)10-5-3-4-9(8(10)2)13(14)15/h3-5,12H,1,6H2,2H3. The number of nitrogens with zero attached hydrogens (tertiary/aromatic N) is 1. The molecule has 0 heterocycles. The van der Waals surface area contributed by atoms with E-state index in [4.69, 9.17) is 0 Å². The number of nitrogens with one attached hydrogen (secondary N) is 1. The molecule has 0 aliphatic heterocycles. The van der Waals surface area contributed by atoms with Crippen LogP contribution in [0.2, 0.25) is 0 Å². The Labute approximate surface area is 113 Å². The molecule has 98 valence electrons. The summed E-state index contributed by atoms with van der Waals surface area (Å²) in [5.74, 6) is 0. The number of nitro benzene ring substituents is 1. The van der Waals surface area contributed by atoms with Crippen molar-refractivity contribution in [2.24, 2.45) is 0 Å². The zero-order valence-corrected chi connectivity index (χ0v) is 11.9. The molecule has 0 bridgehead atoms. The van der Waals surface area contributed by atoms with E-state index in [2.05, 4.69) is 27.2 Å². The Morgan fingerprint density at radius 1 is 1.56 bits per heavy atom. The van der Waals surface area contributed by atoms with Crippen molar-refractivity contribution >= 4 is 31.6 Å². The van der Waals surface area contributed by atoms with Crippen molar-refractivity contribution in [2.75, 3.05) is 6.54 Å². The molecule has 0 amide bonds. The van der Waals surface area contributed by atoms with Crippen LogP contribution in [-0.2, 0) is 10.0 Å². The molecule has 0 saturated heterocycles. The number of hydrogen-bond acceptors (Lipinski definition) is 4. The molecule has 8 heteroatoms. The second-order valence-electron chi connectivity index (χ2n) is 3.50. The number of halogens is 1. The Morgan fingerprint density at radius 3 is 2.67 bits per heavy atom. The Bertz CT molecular complexity index is 598. The van der Waals surface area contributed by atoms with Crippen molar-refractivity contribution in [1.29, 1.82) is 0 Å². The largest absolute Gasteiger partial charge is 0.273 e. The van der Waals surface area contributed by atoms with E-state index in [-0.39, 0.29) is 22.7 Å². The third kappa shape index (κ3) is 3.37. The van der Waals surface area contributed by atoms with Crippen LogP contribution >= 0.6 is 15.9 Å². The summed E-state index contributed by atoms with van der Waals surface area (Å²) in [6, 6.07) is 3.92. The van der Waals surface area contributed by atoms with E-state index in [0.717, 1.165) is 0 Å². The molecule has 0 aliphatic carbocycles. The van der Waals surface area contributed by atoms with E-state index in [1.807, 2.05) is 0 Å². The van der Waals surface area contributed by atoms with Crippen molar-refractivity contribution in [2.45, 2.75) is 11.8 Å². The van der Waals surface area contributed by atoms with Crippen LogP contribution in [0, 0.1) is 17.0 Å². The van der Waals surface area contributed by atoms with E-state index in [9.17, 15) is 18.5 Å². The second kappa shape index (κ2) is 5.59. The molecular formula is C10H11BrN2O4S. The average molecular weight is 335 g/mol. The van der Waals surface area contributed by atoms with Gasteiger partial charge in [-0.3, -0.25) is 10.1 Å². The normalized spacial score (nSPS) is 11.2. The smallest absolute Gasteiger partial charge is 0.258 e. The SMILES string of the molecule is C=C(Br)CNS(=O)(=O)c1cccc([N+](=O)[O-])c1C. The molecule has 0 saturated carbocycles. The van der Waals surface area contributed by atoms with Gasteiger partial charge < -0.3 is 0 Å². The first-order valence-electron chi connectivity index (χ1n) is 4.82. The fourth-order valence-electron chi connectivity index (χ4n) is 1.34. The number of benzene rings is 1. The van der Waals surface area contributed by atoms with Crippen molar-refractivity contribution in [1.82, 2.24) is 4.72 Å². The van der Waals surface area contributed by atoms with E-state index >= 15 is 0 Å². The maximum atomic E-state index is 11.9. The first-order valence-corrected chi connectivity index (χ1v) is 7.10. The quantitative estimate of drug-likeness (QED) is 0.659. The minimum atomic E-state index is -3.79. The maximum absolute atomic E-state index is 11.9. The molecular weight excluding hydrogens is 324 g/mol. The van der Waals surface area contributed by atoms with Crippen molar-refractivity contribution in [3.8, 4) is 0 Å².